The Labute approximate surface area is 126 Å². The molecule has 1 N–H and O–H groups in total. The molecule has 0 radical (unpaired) electrons. The average Bonchev–Trinajstić information content (AvgIpc) is 3.03. The monoisotopic (exact) mass is 307 g/mol. The van der Waals surface area contributed by atoms with Gasteiger partial charge in [0.2, 0.25) is 0 Å². The summed E-state index contributed by atoms with van der Waals surface area (Å²) >= 11 is 0. The molecule has 1 atom stereocenters. The van der Waals surface area contributed by atoms with Crippen molar-refractivity contribution >= 4 is 15.9 Å². The van der Waals surface area contributed by atoms with Gasteiger partial charge in [-0.2, -0.15) is 8.42 Å². The van der Waals surface area contributed by atoms with Crippen molar-refractivity contribution in [3.05, 3.63) is 29.8 Å². The maximum atomic E-state index is 12.2. The lowest BCUT2D eigenvalue weighted by Crippen LogP contribution is -2.41. The van der Waals surface area contributed by atoms with Crippen molar-refractivity contribution in [3.8, 4) is 0 Å². The van der Waals surface area contributed by atoms with Crippen molar-refractivity contribution in [2.24, 2.45) is 4.40 Å². The van der Waals surface area contributed by atoms with Crippen molar-refractivity contribution in [3.63, 3.8) is 0 Å². The Morgan fingerprint density at radius 3 is 3.00 bits per heavy atom. The summed E-state index contributed by atoms with van der Waals surface area (Å²) in [6.45, 7) is 4.89. The molecule has 0 aliphatic carbocycles. The fraction of sp³-hybridized carbons (Fsp3) is 0.533. The van der Waals surface area contributed by atoms with E-state index in [1.807, 2.05) is 12.1 Å². The number of fused-ring (bicyclic) bond motifs is 1. The molecule has 114 valence electrons. The Bertz CT molecular complexity index is 655. The molecule has 1 fully saturated rings. The summed E-state index contributed by atoms with van der Waals surface area (Å²) in [7, 11) is -3.51. The first-order valence-corrected chi connectivity index (χ1v) is 8.99. The van der Waals surface area contributed by atoms with Crippen LogP contribution in [0.15, 0.2) is 33.6 Å². The zero-order chi connectivity index (χ0) is 14.9. The fourth-order valence-corrected chi connectivity index (χ4v) is 4.28. The molecule has 0 saturated carbocycles. The first-order valence-electron chi connectivity index (χ1n) is 7.55. The quantitative estimate of drug-likeness (QED) is 0.858. The lowest BCUT2D eigenvalue weighted by atomic mass is 10.1. The normalized spacial score (nSPS) is 23.2. The first kappa shape index (κ1) is 14.5. The van der Waals surface area contributed by atoms with Gasteiger partial charge in [0.05, 0.1) is 0 Å². The topological polar surface area (TPSA) is 61.8 Å². The third-order valence-electron chi connectivity index (χ3n) is 4.07. The Morgan fingerprint density at radius 2 is 2.19 bits per heavy atom. The van der Waals surface area contributed by atoms with Crippen molar-refractivity contribution in [1.82, 2.24) is 10.2 Å². The maximum absolute atomic E-state index is 12.2. The van der Waals surface area contributed by atoms with Gasteiger partial charge in [0.15, 0.2) is 5.84 Å². The summed E-state index contributed by atoms with van der Waals surface area (Å²) in [5.74, 6) is 0.631. The highest BCUT2D eigenvalue weighted by molar-refractivity contribution is 7.90. The van der Waals surface area contributed by atoms with Crippen molar-refractivity contribution < 1.29 is 8.42 Å². The van der Waals surface area contributed by atoms with E-state index in [9.17, 15) is 8.42 Å². The molecule has 0 bridgehead atoms. The predicted molar refractivity (Wildman–Crippen MR) is 83.1 cm³/mol. The molecule has 21 heavy (non-hydrogen) atoms. The number of likely N-dealkylation sites (tertiary alicyclic amines) is 1. The summed E-state index contributed by atoms with van der Waals surface area (Å²) in [5, 5.41) is 3.43. The molecule has 1 unspecified atom stereocenters. The smallest absolute Gasteiger partial charge is 0.285 e. The van der Waals surface area contributed by atoms with Crippen molar-refractivity contribution in [2.75, 3.05) is 19.6 Å². The van der Waals surface area contributed by atoms with Crippen LogP contribution in [0.3, 0.4) is 0 Å². The van der Waals surface area contributed by atoms with Crippen LogP contribution in [0.5, 0.6) is 0 Å². The minimum Gasteiger partial charge on any atom is -0.351 e. The third kappa shape index (κ3) is 2.70. The second-order valence-corrected chi connectivity index (χ2v) is 7.15. The molecule has 0 amide bonds. The van der Waals surface area contributed by atoms with Gasteiger partial charge in [-0.1, -0.05) is 19.1 Å². The summed E-state index contributed by atoms with van der Waals surface area (Å²) in [4.78, 5) is 2.50. The molecular formula is C15H21N3O2S. The SMILES string of the molecule is CCCNCC1CCCN1C1=NS(=O)(=O)c2ccccc21. The highest BCUT2D eigenvalue weighted by Gasteiger charge is 2.36. The molecule has 0 spiro atoms. The standard InChI is InChI=1S/C15H21N3O2S/c1-2-9-16-11-12-6-5-10-18(12)15-13-7-3-4-8-14(13)21(19,20)17-15/h3-4,7-8,12,16H,2,5-6,9-11H2,1H3. The van der Waals surface area contributed by atoms with E-state index in [1.54, 1.807) is 12.1 Å². The van der Waals surface area contributed by atoms with Gasteiger partial charge in [-0.25, -0.2) is 0 Å². The Hall–Kier alpha value is -1.40. The van der Waals surface area contributed by atoms with Crippen LogP contribution in [0.25, 0.3) is 0 Å². The van der Waals surface area contributed by atoms with Gasteiger partial charge < -0.3 is 10.2 Å². The van der Waals surface area contributed by atoms with E-state index in [2.05, 4.69) is 21.5 Å². The fourth-order valence-electron chi connectivity index (χ4n) is 3.07. The second kappa shape index (κ2) is 5.77. The summed E-state index contributed by atoms with van der Waals surface area (Å²) in [6.07, 6.45) is 3.27. The molecule has 5 nitrogen and oxygen atoms in total. The largest absolute Gasteiger partial charge is 0.351 e. The van der Waals surface area contributed by atoms with Gasteiger partial charge in [0.25, 0.3) is 10.0 Å². The molecular weight excluding hydrogens is 286 g/mol. The molecule has 2 heterocycles. The van der Waals surface area contributed by atoms with Crippen LogP contribution in [0, 0.1) is 0 Å². The number of sulfonamides is 1. The number of hydrogen-bond acceptors (Lipinski definition) is 4. The first-order chi connectivity index (χ1) is 10.1. The molecule has 3 rings (SSSR count). The molecule has 2 aliphatic rings. The van der Waals surface area contributed by atoms with Gasteiger partial charge >= 0.3 is 0 Å². The number of amidine groups is 1. The summed E-state index contributed by atoms with van der Waals surface area (Å²) < 4.78 is 28.4. The van der Waals surface area contributed by atoms with Crippen LogP contribution in [0.4, 0.5) is 0 Å². The number of nitrogens with one attached hydrogen (secondary N) is 1. The Balaban J connectivity index is 1.87. The summed E-state index contributed by atoms with van der Waals surface area (Å²) in [6, 6.07) is 7.45. The molecule has 0 aromatic heterocycles. The number of nitrogens with zero attached hydrogens (tertiary/aromatic N) is 2. The molecule has 1 aromatic rings. The van der Waals surface area contributed by atoms with Gasteiger partial charge in [-0.15, -0.1) is 4.40 Å². The van der Waals surface area contributed by atoms with Gasteiger partial charge in [0, 0.05) is 24.7 Å². The zero-order valence-corrected chi connectivity index (χ0v) is 13.1. The highest BCUT2D eigenvalue weighted by atomic mass is 32.2. The number of benzene rings is 1. The van der Waals surface area contributed by atoms with Gasteiger partial charge in [0.1, 0.15) is 4.90 Å². The van der Waals surface area contributed by atoms with E-state index in [1.165, 1.54) is 0 Å². The van der Waals surface area contributed by atoms with Crippen LogP contribution in [0.1, 0.15) is 31.7 Å². The Kier molecular flexibility index (Phi) is 3.99. The lowest BCUT2D eigenvalue weighted by Gasteiger charge is -2.26. The third-order valence-corrected chi connectivity index (χ3v) is 5.39. The van der Waals surface area contributed by atoms with E-state index in [-0.39, 0.29) is 0 Å². The molecule has 6 heteroatoms. The highest BCUT2D eigenvalue weighted by Crippen LogP contribution is 2.30. The van der Waals surface area contributed by atoms with E-state index in [0.717, 1.165) is 44.5 Å². The zero-order valence-electron chi connectivity index (χ0n) is 12.2. The van der Waals surface area contributed by atoms with Gasteiger partial charge in [-0.05, 0) is 37.9 Å². The van der Waals surface area contributed by atoms with E-state index < -0.39 is 10.0 Å². The number of hydrogen-bond donors (Lipinski definition) is 1. The van der Waals surface area contributed by atoms with Gasteiger partial charge in [-0.3, -0.25) is 0 Å². The molecule has 2 aliphatic heterocycles. The van der Waals surface area contributed by atoms with Crippen molar-refractivity contribution in [1.29, 1.82) is 0 Å². The predicted octanol–water partition coefficient (Wildman–Crippen LogP) is 1.60. The minimum atomic E-state index is -3.51. The van der Waals surface area contributed by atoms with Crippen LogP contribution >= 0.6 is 0 Å². The summed E-state index contributed by atoms with van der Waals surface area (Å²) in [5.41, 5.74) is 0.750. The van der Waals surface area contributed by atoms with Crippen molar-refractivity contribution in [2.45, 2.75) is 37.1 Å². The van der Waals surface area contributed by atoms with E-state index >= 15 is 0 Å². The van der Waals surface area contributed by atoms with Crippen LogP contribution in [-0.4, -0.2) is 44.8 Å². The van der Waals surface area contributed by atoms with Crippen LogP contribution in [-0.2, 0) is 10.0 Å². The van der Waals surface area contributed by atoms with Crippen LogP contribution in [0.2, 0.25) is 0 Å². The molecule has 1 saturated heterocycles. The average molecular weight is 307 g/mol. The minimum absolute atomic E-state index is 0.330. The second-order valence-electron chi connectivity index (χ2n) is 5.58. The molecule has 1 aromatic carbocycles. The lowest BCUT2D eigenvalue weighted by molar-refractivity contribution is 0.372. The van der Waals surface area contributed by atoms with E-state index in [0.29, 0.717) is 16.8 Å². The Morgan fingerprint density at radius 1 is 1.38 bits per heavy atom. The maximum Gasteiger partial charge on any atom is 0.285 e. The van der Waals surface area contributed by atoms with E-state index in [4.69, 9.17) is 0 Å². The van der Waals surface area contributed by atoms with Crippen LogP contribution < -0.4 is 5.32 Å². The number of rotatable bonds is 4.